The van der Waals surface area contributed by atoms with Crippen LogP contribution in [0, 0.1) is 0 Å². The van der Waals surface area contributed by atoms with Crippen molar-refractivity contribution in [1.29, 1.82) is 0 Å². The summed E-state index contributed by atoms with van der Waals surface area (Å²) in [5.41, 5.74) is 5.41. The summed E-state index contributed by atoms with van der Waals surface area (Å²) in [7, 11) is -4.39. The monoisotopic (exact) mass is 1250 g/mol. The zero-order valence-corrected chi connectivity index (χ0v) is 58.9. The lowest BCUT2D eigenvalue weighted by Crippen LogP contribution is -2.29. The number of carbonyl (C=O) groups excluding carboxylic acids is 2. The first-order chi connectivity index (χ1) is 42.8. The van der Waals surface area contributed by atoms with Gasteiger partial charge in [-0.25, -0.2) is 4.57 Å². The highest BCUT2D eigenvalue weighted by Gasteiger charge is 2.26. The highest BCUT2D eigenvalue weighted by atomic mass is 31.2. The van der Waals surface area contributed by atoms with Gasteiger partial charge in [0.1, 0.15) is 6.61 Å². The molecule has 2 unspecified atom stereocenters. The molecule has 2 atom stereocenters. The highest BCUT2D eigenvalue weighted by molar-refractivity contribution is 7.47. The van der Waals surface area contributed by atoms with Gasteiger partial charge in [0.25, 0.3) is 0 Å². The van der Waals surface area contributed by atoms with Gasteiger partial charge in [0, 0.05) is 19.4 Å². The molecule has 87 heavy (non-hydrogen) atoms. The van der Waals surface area contributed by atoms with Gasteiger partial charge in [0.2, 0.25) is 0 Å². The van der Waals surface area contributed by atoms with E-state index in [2.05, 4.69) is 50.3 Å². The second-order valence-corrected chi connectivity index (χ2v) is 27.7. The quantitative estimate of drug-likeness (QED) is 0.0264. The van der Waals surface area contributed by atoms with Gasteiger partial charge in [-0.3, -0.25) is 18.6 Å². The lowest BCUT2D eigenvalue weighted by molar-refractivity contribution is -0.161. The van der Waals surface area contributed by atoms with Crippen LogP contribution < -0.4 is 5.73 Å². The fourth-order valence-corrected chi connectivity index (χ4v) is 12.6. The molecule has 0 amide bonds. The van der Waals surface area contributed by atoms with Gasteiger partial charge >= 0.3 is 19.8 Å². The fourth-order valence-electron chi connectivity index (χ4n) is 11.8. The van der Waals surface area contributed by atoms with E-state index in [1.54, 1.807) is 0 Å². The van der Waals surface area contributed by atoms with E-state index < -0.39 is 26.5 Å². The molecule has 0 aliphatic heterocycles. The van der Waals surface area contributed by atoms with E-state index in [4.69, 9.17) is 24.3 Å². The Morgan fingerprint density at radius 3 is 0.885 bits per heavy atom. The maximum Gasteiger partial charge on any atom is 0.472 e. The molecule has 0 aromatic rings. The van der Waals surface area contributed by atoms with E-state index >= 15 is 0 Å². The molecular formula is C77H148NO8P. The van der Waals surface area contributed by atoms with Crippen molar-refractivity contribution in [2.75, 3.05) is 26.4 Å². The normalized spacial score (nSPS) is 13.0. The van der Waals surface area contributed by atoms with E-state index in [1.807, 2.05) is 0 Å². The van der Waals surface area contributed by atoms with Crippen LogP contribution in [0.15, 0.2) is 36.5 Å². The van der Waals surface area contributed by atoms with Crippen molar-refractivity contribution >= 4 is 19.8 Å². The minimum absolute atomic E-state index is 0.0562. The van der Waals surface area contributed by atoms with Gasteiger partial charge in [-0.1, -0.05) is 384 Å². The standard InChI is InChI=1S/C77H148NO8P/c1-3-5-7-9-11-13-15-17-19-21-23-25-27-29-31-33-35-37-39-41-43-45-47-49-51-53-55-57-59-61-63-65-67-69-76(79)83-73-75(74-85-87(81,82)84-72-71-78)86-77(80)70-68-66-64-62-60-58-56-54-52-50-48-46-44-42-40-38-36-34-32-30-28-26-24-22-20-18-16-14-12-10-8-6-4-2/h16,18,22,24,28,30,75H,3-15,17,19-21,23,25-27,29,31-74,78H2,1-2H3,(H,81,82)/b18-16-,24-22-,30-28-. The van der Waals surface area contributed by atoms with Crippen molar-refractivity contribution in [1.82, 2.24) is 0 Å². The van der Waals surface area contributed by atoms with Crippen molar-refractivity contribution in [2.24, 2.45) is 5.73 Å². The van der Waals surface area contributed by atoms with Crippen LogP contribution in [0.2, 0.25) is 0 Å². The summed E-state index contributed by atoms with van der Waals surface area (Å²) in [5.74, 6) is -0.802. The Balaban J connectivity index is 3.78. The number of allylic oxidation sites excluding steroid dienone is 6. The molecule has 0 radical (unpaired) electrons. The van der Waals surface area contributed by atoms with E-state index in [0.717, 1.165) is 44.9 Å². The Bertz CT molecular complexity index is 1520. The number of unbranched alkanes of at least 4 members (excludes halogenated alkanes) is 55. The first-order valence-electron chi connectivity index (χ1n) is 38.5. The Morgan fingerprint density at radius 1 is 0.345 bits per heavy atom. The minimum atomic E-state index is -4.39. The second-order valence-electron chi connectivity index (χ2n) is 26.2. The summed E-state index contributed by atoms with van der Waals surface area (Å²) < 4.78 is 33.3. The lowest BCUT2D eigenvalue weighted by atomic mass is 10.0. The highest BCUT2D eigenvalue weighted by Crippen LogP contribution is 2.43. The molecular weight excluding hydrogens is 1100 g/mol. The third kappa shape index (κ3) is 73.2. The number of hydrogen-bond donors (Lipinski definition) is 2. The number of carbonyl (C=O) groups is 2. The van der Waals surface area contributed by atoms with Crippen LogP contribution in [-0.2, 0) is 32.7 Å². The van der Waals surface area contributed by atoms with Crippen LogP contribution in [0.3, 0.4) is 0 Å². The Morgan fingerprint density at radius 2 is 0.598 bits per heavy atom. The Hall–Kier alpha value is -1.77. The molecule has 3 N–H and O–H groups in total. The van der Waals surface area contributed by atoms with Crippen molar-refractivity contribution < 1.29 is 37.6 Å². The van der Waals surface area contributed by atoms with Crippen LogP contribution in [0.1, 0.15) is 412 Å². The third-order valence-electron chi connectivity index (χ3n) is 17.5. The van der Waals surface area contributed by atoms with E-state index in [0.29, 0.717) is 6.42 Å². The molecule has 514 valence electrons. The Labute approximate surface area is 541 Å². The smallest absolute Gasteiger partial charge is 0.462 e. The van der Waals surface area contributed by atoms with Crippen molar-refractivity contribution in [3.05, 3.63) is 36.5 Å². The van der Waals surface area contributed by atoms with Crippen LogP contribution in [-0.4, -0.2) is 49.3 Å². The SMILES string of the molecule is CCCCCCC/C=C\C/C=C\C/C=C\CCCCCCCCCCCCCCCCCCCCC(=O)OC(COC(=O)CCCCCCCCCCCCCCCCCCCCCCCCCCCCCCCCCCC)COP(=O)(O)OCCN. The molecule has 0 aromatic heterocycles. The first-order valence-corrected chi connectivity index (χ1v) is 40.0. The average Bonchev–Trinajstić information content (AvgIpc) is 3.64. The van der Waals surface area contributed by atoms with Gasteiger partial charge < -0.3 is 20.1 Å². The molecule has 0 saturated heterocycles. The van der Waals surface area contributed by atoms with Crippen LogP contribution >= 0.6 is 7.82 Å². The van der Waals surface area contributed by atoms with E-state index in [-0.39, 0.29) is 38.6 Å². The van der Waals surface area contributed by atoms with Gasteiger partial charge in [-0.2, -0.15) is 0 Å². The largest absolute Gasteiger partial charge is 0.472 e. The summed E-state index contributed by atoms with van der Waals surface area (Å²) >= 11 is 0. The maximum absolute atomic E-state index is 12.8. The molecule has 0 rings (SSSR count). The second kappa shape index (κ2) is 73.3. The van der Waals surface area contributed by atoms with E-state index in [1.165, 1.54) is 334 Å². The molecule has 0 aliphatic carbocycles. The zero-order chi connectivity index (χ0) is 63.0. The number of phosphoric ester groups is 1. The molecule has 9 nitrogen and oxygen atoms in total. The van der Waals surface area contributed by atoms with Crippen molar-refractivity contribution in [3.8, 4) is 0 Å². The van der Waals surface area contributed by atoms with Gasteiger partial charge in [0.15, 0.2) is 6.10 Å². The van der Waals surface area contributed by atoms with Crippen molar-refractivity contribution in [2.45, 2.75) is 418 Å². The van der Waals surface area contributed by atoms with E-state index in [9.17, 15) is 19.0 Å². The zero-order valence-electron chi connectivity index (χ0n) is 58.0. The molecule has 0 aliphatic rings. The molecule has 0 heterocycles. The molecule has 0 spiro atoms. The number of nitrogens with two attached hydrogens (primary N) is 1. The molecule has 0 saturated carbocycles. The van der Waals surface area contributed by atoms with Gasteiger partial charge in [0.05, 0.1) is 13.2 Å². The summed E-state index contributed by atoms with van der Waals surface area (Å²) in [5, 5.41) is 0. The number of rotatable bonds is 74. The molecule has 0 bridgehead atoms. The van der Waals surface area contributed by atoms with Crippen LogP contribution in [0.25, 0.3) is 0 Å². The third-order valence-corrected chi connectivity index (χ3v) is 18.5. The fraction of sp³-hybridized carbons (Fsp3) is 0.896. The number of hydrogen-bond acceptors (Lipinski definition) is 8. The van der Waals surface area contributed by atoms with Crippen LogP contribution in [0.4, 0.5) is 0 Å². The summed E-state index contributed by atoms with van der Waals surface area (Å²) in [4.78, 5) is 35.4. The predicted octanol–water partition coefficient (Wildman–Crippen LogP) is 25.4. The predicted molar refractivity (Wildman–Crippen MR) is 377 cm³/mol. The lowest BCUT2D eigenvalue weighted by Gasteiger charge is -2.19. The topological polar surface area (TPSA) is 134 Å². The summed E-state index contributed by atoms with van der Waals surface area (Å²) in [6, 6.07) is 0. The number of ether oxygens (including phenoxy) is 2. The molecule has 0 aromatic carbocycles. The van der Waals surface area contributed by atoms with Crippen molar-refractivity contribution in [3.63, 3.8) is 0 Å². The molecule has 0 fully saturated rings. The number of esters is 2. The minimum Gasteiger partial charge on any atom is -0.462 e. The summed E-state index contributed by atoms with van der Waals surface area (Å²) in [6.45, 7) is 3.82. The Kier molecular flexibility index (Phi) is 71.8. The van der Waals surface area contributed by atoms with Crippen LogP contribution in [0.5, 0.6) is 0 Å². The first kappa shape index (κ1) is 85.2. The average molecular weight is 1250 g/mol. The number of phosphoric acid groups is 1. The summed E-state index contributed by atoms with van der Waals surface area (Å²) in [6.07, 6.45) is 92.8. The van der Waals surface area contributed by atoms with Gasteiger partial charge in [-0.05, 0) is 51.4 Å². The maximum atomic E-state index is 12.8. The molecule has 10 heteroatoms. The van der Waals surface area contributed by atoms with Gasteiger partial charge in [-0.15, -0.1) is 0 Å².